The van der Waals surface area contributed by atoms with Crippen LogP contribution >= 0.6 is 22.7 Å². The molecule has 0 fully saturated rings. The van der Waals surface area contributed by atoms with Gasteiger partial charge in [-0.25, -0.2) is 9.97 Å². The van der Waals surface area contributed by atoms with Crippen LogP contribution in [0.2, 0.25) is 0 Å². The molecule has 0 spiro atoms. The van der Waals surface area contributed by atoms with Gasteiger partial charge in [0.15, 0.2) is 11.6 Å². The van der Waals surface area contributed by atoms with Crippen LogP contribution in [0.4, 0.5) is 0 Å². The molecule has 0 saturated heterocycles. The number of nitrogens with zero attached hydrogens (tertiary/aromatic N) is 2. The number of carbonyl (C=O) groups excluding carboxylic acids is 2. The van der Waals surface area contributed by atoms with E-state index in [1.54, 1.807) is 12.1 Å². The maximum Gasteiger partial charge on any atom is 0.196 e. The number of rotatable bonds is 2. The zero-order valence-corrected chi connectivity index (χ0v) is 21.2. The zero-order valence-electron chi connectivity index (χ0n) is 19.6. The molecule has 174 valence electrons. The summed E-state index contributed by atoms with van der Waals surface area (Å²) in [5.41, 5.74) is 5.25. The minimum absolute atomic E-state index is 0.130. The smallest absolute Gasteiger partial charge is 0.196 e. The van der Waals surface area contributed by atoms with Crippen LogP contribution in [-0.2, 0) is 0 Å². The Morgan fingerprint density at radius 2 is 0.917 bits per heavy atom. The van der Waals surface area contributed by atoms with Gasteiger partial charge in [0.05, 0.1) is 31.6 Å². The fraction of sp³-hybridized carbons (Fsp3) is 0.0667. The molecular formula is C30H20N2O2S2. The SMILES string of the molecule is CC.O=C1c2ccc3nc(-c4ccccc4)sc3c2C(=O)c2ccc3nc(-c4ccccc4)sc3c21. The molecule has 0 saturated carbocycles. The second kappa shape index (κ2) is 8.90. The molecule has 0 bridgehead atoms. The molecule has 6 heteroatoms. The Balaban J connectivity index is 0.00000117. The minimum atomic E-state index is -0.130. The van der Waals surface area contributed by atoms with Gasteiger partial charge in [0.25, 0.3) is 0 Å². The van der Waals surface area contributed by atoms with Gasteiger partial charge < -0.3 is 0 Å². The van der Waals surface area contributed by atoms with Gasteiger partial charge in [-0.1, -0.05) is 74.5 Å². The molecule has 4 nitrogen and oxygen atoms in total. The summed E-state index contributed by atoms with van der Waals surface area (Å²) in [7, 11) is 0. The van der Waals surface area contributed by atoms with Gasteiger partial charge >= 0.3 is 0 Å². The third-order valence-electron chi connectivity index (χ3n) is 6.10. The molecule has 36 heavy (non-hydrogen) atoms. The Hall–Kier alpha value is -4.00. The van der Waals surface area contributed by atoms with Crippen LogP contribution in [0, 0.1) is 0 Å². The van der Waals surface area contributed by atoms with Crippen LogP contribution in [0.25, 0.3) is 41.6 Å². The third-order valence-corrected chi connectivity index (χ3v) is 8.38. The summed E-state index contributed by atoms with van der Waals surface area (Å²) in [5.74, 6) is -0.259. The van der Waals surface area contributed by atoms with E-state index < -0.39 is 0 Å². The number of carbonyl (C=O) groups is 2. The topological polar surface area (TPSA) is 59.9 Å². The lowest BCUT2D eigenvalue weighted by atomic mass is 9.84. The lowest BCUT2D eigenvalue weighted by Crippen LogP contribution is -2.21. The minimum Gasteiger partial charge on any atom is -0.289 e. The van der Waals surface area contributed by atoms with Crippen molar-refractivity contribution in [3.63, 3.8) is 0 Å². The molecule has 6 aromatic rings. The van der Waals surface area contributed by atoms with Gasteiger partial charge in [-0.15, -0.1) is 22.7 Å². The van der Waals surface area contributed by atoms with E-state index in [4.69, 9.17) is 9.97 Å². The van der Waals surface area contributed by atoms with Crippen molar-refractivity contribution < 1.29 is 9.59 Å². The van der Waals surface area contributed by atoms with E-state index >= 15 is 0 Å². The molecular weight excluding hydrogens is 484 g/mol. The first-order valence-electron chi connectivity index (χ1n) is 11.8. The van der Waals surface area contributed by atoms with Gasteiger partial charge in [0.1, 0.15) is 10.0 Å². The normalized spacial score (nSPS) is 12.3. The second-order valence-corrected chi connectivity index (χ2v) is 10.1. The van der Waals surface area contributed by atoms with E-state index in [0.717, 1.165) is 41.6 Å². The monoisotopic (exact) mass is 504 g/mol. The number of hydrogen-bond acceptors (Lipinski definition) is 6. The highest BCUT2D eigenvalue weighted by atomic mass is 32.1. The second-order valence-electron chi connectivity index (χ2n) is 8.10. The third kappa shape index (κ3) is 3.41. The van der Waals surface area contributed by atoms with E-state index in [1.807, 2.05) is 86.6 Å². The number of benzene rings is 4. The summed E-state index contributed by atoms with van der Waals surface area (Å²) >= 11 is 2.91. The van der Waals surface area contributed by atoms with E-state index in [9.17, 15) is 9.59 Å². The summed E-state index contributed by atoms with van der Waals surface area (Å²) in [6.45, 7) is 4.00. The first kappa shape index (κ1) is 22.5. The number of ketones is 2. The van der Waals surface area contributed by atoms with Crippen molar-refractivity contribution in [1.82, 2.24) is 9.97 Å². The predicted molar refractivity (Wildman–Crippen MR) is 148 cm³/mol. The maximum atomic E-state index is 13.7. The highest BCUT2D eigenvalue weighted by Gasteiger charge is 2.34. The first-order chi connectivity index (χ1) is 17.7. The largest absolute Gasteiger partial charge is 0.289 e. The van der Waals surface area contributed by atoms with Crippen LogP contribution in [0.1, 0.15) is 45.7 Å². The van der Waals surface area contributed by atoms with Crippen molar-refractivity contribution in [2.24, 2.45) is 0 Å². The van der Waals surface area contributed by atoms with Crippen LogP contribution in [0.5, 0.6) is 0 Å². The Bertz CT molecular complexity index is 1650. The molecule has 0 unspecified atom stereocenters. The molecule has 0 aliphatic heterocycles. The van der Waals surface area contributed by atoms with Crippen molar-refractivity contribution >= 4 is 54.7 Å². The van der Waals surface area contributed by atoms with Gasteiger partial charge in [-0.2, -0.15) is 0 Å². The predicted octanol–water partition coefficient (Wildman–Crippen LogP) is 8.04. The Kier molecular flexibility index (Phi) is 5.55. The molecule has 4 aromatic carbocycles. The highest BCUT2D eigenvalue weighted by molar-refractivity contribution is 7.22. The van der Waals surface area contributed by atoms with Crippen LogP contribution < -0.4 is 0 Å². The molecule has 2 aromatic heterocycles. The lowest BCUT2D eigenvalue weighted by molar-refractivity contribution is 0.0982. The first-order valence-corrected chi connectivity index (χ1v) is 13.4. The number of fused-ring (bicyclic) bond motifs is 6. The fourth-order valence-electron chi connectivity index (χ4n) is 4.49. The maximum absolute atomic E-state index is 13.7. The quantitative estimate of drug-likeness (QED) is 0.239. The average molecular weight is 505 g/mol. The van der Waals surface area contributed by atoms with Crippen molar-refractivity contribution in [3.8, 4) is 21.1 Å². The average Bonchev–Trinajstić information content (AvgIpc) is 3.58. The van der Waals surface area contributed by atoms with E-state index in [-0.39, 0.29) is 11.6 Å². The molecule has 1 aliphatic rings. The molecule has 2 heterocycles. The van der Waals surface area contributed by atoms with Crippen LogP contribution in [0.15, 0.2) is 84.9 Å². The summed E-state index contributed by atoms with van der Waals surface area (Å²) < 4.78 is 1.52. The van der Waals surface area contributed by atoms with Crippen LogP contribution in [0.3, 0.4) is 0 Å². The van der Waals surface area contributed by atoms with Crippen molar-refractivity contribution in [2.75, 3.05) is 0 Å². The van der Waals surface area contributed by atoms with Crippen molar-refractivity contribution in [3.05, 3.63) is 107 Å². The lowest BCUT2D eigenvalue weighted by Gasteiger charge is -2.18. The molecule has 7 rings (SSSR count). The van der Waals surface area contributed by atoms with Crippen LogP contribution in [-0.4, -0.2) is 21.5 Å². The summed E-state index contributed by atoms with van der Waals surface area (Å²) in [6, 6.07) is 26.9. The Morgan fingerprint density at radius 1 is 0.528 bits per heavy atom. The highest BCUT2D eigenvalue weighted by Crippen LogP contribution is 2.41. The summed E-state index contributed by atoms with van der Waals surface area (Å²) in [4.78, 5) is 37.0. The Labute approximate surface area is 215 Å². The standard InChI is InChI=1S/C28H14N2O2S2.C2H6/c31-23-18-12-14-20-26(34-28(30-20)16-9-5-2-6-10-16)22(18)24(32)17-11-13-19-25(21(17)23)33-27(29-19)15-7-3-1-4-8-15;1-2/h1-14H;1-2H3. The van der Waals surface area contributed by atoms with Gasteiger partial charge in [-0.3, -0.25) is 9.59 Å². The van der Waals surface area contributed by atoms with Gasteiger partial charge in [0.2, 0.25) is 0 Å². The summed E-state index contributed by atoms with van der Waals surface area (Å²) in [6.07, 6.45) is 0. The molecule has 0 radical (unpaired) electrons. The van der Waals surface area contributed by atoms with E-state index in [2.05, 4.69) is 0 Å². The fourth-order valence-corrected chi connectivity index (χ4v) is 6.72. The van der Waals surface area contributed by atoms with E-state index in [0.29, 0.717) is 22.3 Å². The van der Waals surface area contributed by atoms with Gasteiger partial charge in [-0.05, 0) is 24.3 Å². The molecule has 0 amide bonds. The number of thiazole rings is 2. The number of hydrogen-bond donors (Lipinski definition) is 0. The Morgan fingerprint density at radius 3 is 1.31 bits per heavy atom. The van der Waals surface area contributed by atoms with E-state index in [1.165, 1.54) is 22.7 Å². The summed E-state index contributed by atoms with van der Waals surface area (Å²) in [5, 5.41) is 1.67. The molecule has 1 aliphatic carbocycles. The van der Waals surface area contributed by atoms with Crippen molar-refractivity contribution in [2.45, 2.75) is 13.8 Å². The zero-order chi connectivity index (χ0) is 24.8. The van der Waals surface area contributed by atoms with Gasteiger partial charge in [0, 0.05) is 22.3 Å². The van der Waals surface area contributed by atoms with Crippen molar-refractivity contribution in [1.29, 1.82) is 0 Å². The molecule has 0 atom stereocenters. The number of aromatic nitrogens is 2. The molecule has 0 N–H and O–H groups in total.